The molecular formula is C15H23N3O4. The predicted octanol–water partition coefficient (Wildman–Crippen LogP) is 0.456. The minimum atomic E-state index is -0.774. The van der Waals surface area contributed by atoms with Gasteiger partial charge in [-0.3, -0.25) is 9.59 Å². The molecule has 0 aromatic heterocycles. The number of ether oxygens (including phenoxy) is 2. The lowest BCUT2D eigenvalue weighted by molar-refractivity contribution is -0.136. The maximum atomic E-state index is 12.1. The number of rotatable bonds is 8. The molecule has 22 heavy (non-hydrogen) atoms. The van der Waals surface area contributed by atoms with Crippen molar-refractivity contribution in [2.24, 2.45) is 5.73 Å². The highest BCUT2D eigenvalue weighted by molar-refractivity contribution is 5.96. The molecule has 0 saturated carbocycles. The van der Waals surface area contributed by atoms with E-state index in [-0.39, 0.29) is 25.0 Å². The van der Waals surface area contributed by atoms with Crippen LogP contribution in [-0.2, 0) is 14.3 Å². The van der Waals surface area contributed by atoms with Crippen LogP contribution < -0.4 is 15.8 Å². The second-order valence-electron chi connectivity index (χ2n) is 4.66. The second-order valence-corrected chi connectivity index (χ2v) is 4.66. The highest BCUT2D eigenvalue weighted by Gasteiger charge is 2.22. The molecule has 0 spiro atoms. The summed E-state index contributed by atoms with van der Waals surface area (Å²) in [6.45, 7) is 2.21. The van der Waals surface area contributed by atoms with E-state index in [9.17, 15) is 9.59 Å². The van der Waals surface area contributed by atoms with E-state index in [0.717, 1.165) is 0 Å². The molecule has 1 unspecified atom stereocenters. The van der Waals surface area contributed by atoms with Crippen LogP contribution in [0, 0.1) is 0 Å². The maximum Gasteiger partial charge on any atom is 0.244 e. The van der Waals surface area contributed by atoms with Crippen LogP contribution in [0.25, 0.3) is 0 Å². The summed E-state index contributed by atoms with van der Waals surface area (Å²) in [5, 5.41) is 2.72. The summed E-state index contributed by atoms with van der Waals surface area (Å²) in [5.41, 5.74) is 6.27. The zero-order valence-electron chi connectivity index (χ0n) is 13.2. The number of amides is 2. The van der Waals surface area contributed by atoms with Crippen LogP contribution in [0.3, 0.4) is 0 Å². The molecule has 0 saturated heterocycles. The van der Waals surface area contributed by atoms with Gasteiger partial charge in [-0.05, 0) is 19.1 Å². The van der Waals surface area contributed by atoms with Crippen LogP contribution in [0.5, 0.6) is 5.75 Å². The number of nitrogens with zero attached hydrogens (tertiary/aromatic N) is 1. The molecular weight excluding hydrogens is 286 g/mol. The molecule has 1 atom stereocenters. The fourth-order valence-electron chi connectivity index (χ4n) is 1.94. The Bertz CT molecular complexity index is 507. The van der Waals surface area contributed by atoms with Gasteiger partial charge in [0.25, 0.3) is 0 Å². The minimum absolute atomic E-state index is 0.0786. The first-order valence-electron chi connectivity index (χ1n) is 6.99. The van der Waals surface area contributed by atoms with Crippen molar-refractivity contribution in [2.45, 2.75) is 13.0 Å². The van der Waals surface area contributed by atoms with Crippen LogP contribution >= 0.6 is 0 Å². The van der Waals surface area contributed by atoms with Crippen LogP contribution in [0.4, 0.5) is 5.69 Å². The Morgan fingerprint density at radius 2 is 2.00 bits per heavy atom. The molecule has 0 fully saturated rings. The van der Waals surface area contributed by atoms with E-state index in [0.29, 0.717) is 18.0 Å². The molecule has 7 heteroatoms. The van der Waals surface area contributed by atoms with E-state index in [1.54, 1.807) is 31.2 Å². The molecule has 0 aliphatic rings. The molecule has 0 radical (unpaired) electrons. The first-order chi connectivity index (χ1) is 10.5. The van der Waals surface area contributed by atoms with Crippen molar-refractivity contribution in [3.05, 3.63) is 24.3 Å². The normalized spacial score (nSPS) is 11.6. The van der Waals surface area contributed by atoms with Gasteiger partial charge in [0, 0.05) is 13.7 Å². The highest BCUT2D eigenvalue weighted by atomic mass is 16.5. The van der Waals surface area contributed by atoms with Gasteiger partial charge in [-0.15, -0.1) is 0 Å². The Hall–Kier alpha value is -2.12. The van der Waals surface area contributed by atoms with Gasteiger partial charge in [0.05, 0.1) is 25.9 Å². The largest absolute Gasteiger partial charge is 0.495 e. The lowest BCUT2D eigenvalue weighted by Gasteiger charge is -2.23. The van der Waals surface area contributed by atoms with Crippen LogP contribution in [0.1, 0.15) is 6.92 Å². The molecule has 1 aromatic carbocycles. The van der Waals surface area contributed by atoms with E-state index in [1.165, 1.54) is 19.1 Å². The van der Waals surface area contributed by atoms with Gasteiger partial charge >= 0.3 is 0 Å². The van der Waals surface area contributed by atoms with Crippen molar-refractivity contribution in [1.82, 2.24) is 4.90 Å². The van der Waals surface area contributed by atoms with Gasteiger partial charge in [-0.1, -0.05) is 12.1 Å². The quantitative estimate of drug-likeness (QED) is 0.727. The number of hydrogen-bond acceptors (Lipinski definition) is 5. The SMILES string of the molecule is CCN(CC(=O)Nc1ccccc1OC)C(=O)C(N)COC. The topological polar surface area (TPSA) is 93.9 Å². The molecule has 2 amide bonds. The fourth-order valence-corrected chi connectivity index (χ4v) is 1.94. The van der Waals surface area contributed by atoms with Gasteiger partial charge in [0.15, 0.2) is 0 Å². The van der Waals surface area contributed by atoms with Crippen LogP contribution in [-0.4, -0.2) is 56.7 Å². The minimum Gasteiger partial charge on any atom is -0.495 e. The Labute approximate surface area is 130 Å². The number of nitrogens with one attached hydrogen (secondary N) is 1. The Kier molecular flexibility index (Phi) is 7.34. The highest BCUT2D eigenvalue weighted by Crippen LogP contribution is 2.22. The van der Waals surface area contributed by atoms with Crippen molar-refractivity contribution < 1.29 is 19.1 Å². The first kappa shape index (κ1) is 17.9. The Balaban J connectivity index is 2.67. The first-order valence-corrected chi connectivity index (χ1v) is 6.99. The number of carbonyl (C=O) groups is 2. The number of hydrogen-bond donors (Lipinski definition) is 2. The summed E-state index contributed by atoms with van der Waals surface area (Å²) < 4.78 is 10.0. The third-order valence-corrected chi connectivity index (χ3v) is 3.07. The smallest absolute Gasteiger partial charge is 0.244 e. The average molecular weight is 309 g/mol. The lowest BCUT2D eigenvalue weighted by atomic mass is 10.2. The van der Waals surface area contributed by atoms with E-state index in [1.807, 2.05) is 0 Å². The average Bonchev–Trinajstić information content (AvgIpc) is 2.52. The Morgan fingerprint density at radius 1 is 1.32 bits per heavy atom. The lowest BCUT2D eigenvalue weighted by Crippen LogP contribution is -2.48. The zero-order chi connectivity index (χ0) is 16.5. The van der Waals surface area contributed by atoms with Gasteiger partial charge in [0.1, 0.15) is 11.8 Å². The summed E-state index contributed by atoms with van der Waals surface area (Å²) in [5.74, 6) is -0.0786. The Morgan fingerprint density at radius 3 is 2.59 bits per heavy atom. The molecule has 0 aliphatic heterocycles. The summed E-state index contributed by atoms with van der Waals surface area (Å²) >= 11 is 0. The van der Waals surface area contributed by atoms with Gasteiger partial charge in [0.2, 0.25) is 11.8 Å². The van der Waals surface area contributed by atoms with Crippen LogP contribution in [0.15, 0.2) is 24.3 Å². The number of likely N-dealkylation sites (N-methyl/N-ethyl adjacent to an activating group) is 1. The van der Waals surface area contributed by atoms with Gasteiger partial charge in [-0.2, -0.15) is 0 Å². The molecule has 1 rings (SSSR count). The van der Waals surface area contributed by atoms with Crippen molar-refractivity contribution >= 4 is 17.5 Å². The van der Waals surface area contributed by atoms with Gasteiger partial charge < -0.3 is 25.4 Å². The number of carbonyl (C=O) groups excluding carboxylic acids is 2. The molecule has 122 valence electrons. The number of benzene rings is 1. The molecule has 3 N–H and O–H groups in total. The third-order valence-electron chi connectivity index (χ3n) is 3.07. The summed E-state index contributed by atoms with van der Waals surface area (Å²) in [6.07, 6.45) is 0. The summed E-state index contributed by atoms with van der Waals surface area (Å²) in [4.78, 5) is 25.6. The molecule has 0 aliphatic carbocycles. The zero-order valence-corrected chi connectivity index (χ0v) is 13.2. The summed E-state index contributed by atoms with van der Waals surface area (Å²) in [6, 6.07) is 6.29. The van der Waals surface area contributed by atoms with Gasteiger partial charge in [-0.25, -0.2) is 0 Å². The molecule has 7 nitrogen and oxygen atoms in total. The number of anilines is 1. The van der Waals surface area contributed by atoms with E-state index < -0.39 is 6.04 Å². The molecule has 0 heterocycles. The van der Waals surface area contributed by atoms with Crippen molar-refractivity contribution in [2.75, 3.05) is 39.2 Å². The van der Waals surface area contributed by atoms with Crippen molar-refractivity contribution in [3.8, 4) is 5.75 Å². The predicted molar refractivity (Wildman–Crippen MR) is 83.7 cm³/mol. The van der Waals surface area contributed by atoms with Crippen LogP contribution in [0.2, 0.25) is 0 Å². The second kappa shape index (κ2) is 9.01. The van der Waals surface area contributed by atoms with E-state index in [4.69, 9.17) is 15.2 Å². The molecule has 0 bridgehead atoms. The number of nitrogens with two attached hydrogens (primary N) is 1. The third kappa shape index (κ3) is 5.01. The number of para-hydroxylation sites is 2. The van der Waals surface area contributed by atoms with E-state index >= 15 is 0 Å². The summed E-state index contributed by atoms with van der Waals surface area (Å²) in [7, 11) is 2.99. The standard InChI is InChI=1S/C15H23N3O4/c1-4-18(15(20)11(16)10-21-2)9-14(19)17-12-7-5-6-8-13(12)22-3/h5-8,11H,4,9-10,16H2,1-3H3,(H,17,19). The monoisotopic (exact) mass is 309 g/mol. The van der Waals surface area contributed by atoms with E-state index in [2.05, 4.69) is 5.32 Å². The fraction of sp³-hybridized carbons (Fsp3) is 0.467. The number of methoxy groups -OCH3 is 2. The molecule has 1 aromatic rings. The van der Waals surface area contributed by atoms with Crippen molar-refractivity contribution in [1.29, 1.82) is 0 Å². The van der Waals surface area contributed by atoms with Crippen molar-refractivity contribution in [3.63, 3.8) is 0 Å². The maximum absolute atomic E-state index is 12.1.